The van der Waals surface area contributed by atoms with Gasteiger partial charge < -0.3 is 5.32 Å². The molecule has 2 fully saturated rings. The lowest BCUT2D eigenvalue weighted by atomic mass is 9.94. The lowest BCUT2D eigenvalue weighted by Gasteiger charge is -2.48. The Hall–Kier alpha value is -1.68. The van der Waals surface area contributed by atoms with Gasteiger partial charge in [0.15, 0.2) is 5.13 Å². The number of halogens is 2. The lowest BCUT2D eigenvalue weighted by Crippen LogP contribution is -2.62. The predicted molar refractivity (Wildman–Crippen MR) is 113 cm³/mol. The molecular weight excluding hydrogens is 417 g/mol. The number of benzene rings is 1. The number of rotatable bonds is 6. The van der Waals surface area contributed by atoms with Crippen LogP contribution in [0.1, 0.15) is 19.8 Å². The van der Waals surface area contributed by atoms with Gasteiger partial charge in [-0.15, -0.1) is 0 Å². The van der Waals surface area contributed by atoms with Crippen LogP contribution < -0.4 is 5.32 Å². The molecule has 1 aromatic heterocycles. The number of aromatic nitrogens is 1. The van der Waals surface area contributed by atoms with Crippen molar-refractivity contribution in [3.8, 4) is 0 Å². The van der Waals surface area contributed by atoms with Gasteiger partial charge in [0.2, 0.25) is 5.91 Å². The smallest absolute Gasteiger partial charge is 0.230 e. The van der Waals surface area contributed by atoms with Gasteiger partial charge in [0, 0.05) is 32.2 Å². The van der Waals surface area contributed by atoms with E-state index in [0.717, 1.165) is 32.5 Å². The Bertz CT molecular complexity index is 919. The first-order valence-electron chi connectivity index (χ1n) is 9.78. The van der Waals surface area contributed by atoms with E-state index in [1.807, 2.05) is 6.92 Å². The fraction of sp³-hybridized carbons (Fsp3) is 0.579. The Morgan fingerprint density at radius 1 is 1.45 bits per heavy atom. The highest BCUT2D eigenvalue weighted by molar-refractivity contribution is 7.22. The third-order valence-electron chi connectivity index (χ3n) is 5.62. The minimum absolute atomic E-state index is 0.0553. The second kappa shape index (κ2) is 8.59. The van der Waals surface area contributed by atoms with Crippen molar-refractivity contribution in [1.82, 2.24) is 14.8 Å². The van der Waals surface area contributed by atoms with E-state index in [9.17, 15) is 14.1 Å². The number of nitrogens with zero attached hydrogens (tertiary/aromatic N) is 4. The van der Waals surface area contributed by atoms with Gasteiger partial charge in [-0.2, -0.15) is 4.91 Å². The molecule has 0 saturated carbocycles. The molecule has 1 N–H and O–H groups in total. The Morgan fingerprint density at radius 3 is 3.00 bits per heavy atom. The van der Waals surface area contributed by atoms with E-state index in [1.54, 1.807) is 0 Å². The van der Waals surface area contributed by atoms with Crippen LogP contribution in [0.15, 0.2) is 17.3 Å². The van der Waals surface area contributed by atoms with Crippen molar-refractivity contribution in [3.05, 3.63) is 27.9 Å². The summed E-state index contributed by atoms with van der Waals surface area (Å²) in [5, 5.41) is 6.63. The van der Waals surface area contributed by atoms with Gasteiger partial charge in [0.05, 0.1) is 15.6 Å². The number of nitrogens with one attached hydrogen (secondary N) is 1. The highest BCUT2D eigenvalue weighted by atomic mass is 35.5. The average molecular weight is 440 g/mol. The minimum atomic E-state index is -0.417. The highest BCUT2D eigenvalue weighted by Gasteiger charge is 2.36. The number of carbonyl (C=O) groups is 1. The maximum Gasteiger partial charge on any atom is 0.230 e. The molecule has 156 valence electrons. The number of fused-ring (bicyclic) bond motifs is 1. The molecule has 0 bridgehead atoms. The van der Waals surface area contributed by atoms with E-state index in [-0.39, 0.29) is 22.9 Å². The largest absolute Gasteiger partial charge is 0.302 e. The summed E-state index contributed by atoms with van der Waals surface area (Å²) in [4.78, 5) is 32.3. The van der Waals surface area contributed by atoms with Gasteiger partial charge in [0.1, 0.15) is 17.4 Å². The standard InChI is InChI=1S/C19H23ClFN5O2S/c1-11(24-28)7-25-9-14(10-25)26-4-2-3-12(8-26)18(27)23-19-22-17-15(20)5-13(21)6-16(17)29-19/h5-6,11-12,14H,2-4,7-10H2,1H3,(H,22,23,27). The molecule has 0 spiro atoms. The number of likely N-dealkylation sites (tertiary alicyclic amines) is 2. The van der Waals surface area contributed by atoms with Crippen molar-refractivity contribution < 1.29 is 9.18 Å². The second-order valence-corrected chi connectivity index (χ2v) is 9.34. The van der Waals surface area contributed by atoms with E-state index in [0.29, 0.717) is 34.5 Å². The molecule has 2 unspecified atom stereocenters. The van der Waals surface area contributed by atoms with Crippen LogP contribution in [-0.2, 0) is 4.79 Å². The fourth-order valence-electron chi connectivity index (χ4n) is 4.10. The Kier molecular flexibility index (Phi) is 6.10. The van der Waals surface area contributed by atoms with Gasteiger partial charge in [0.25, 0.3) is 0 Å². The number of amides is 1. The van der Waals surface area contributed by atoms with E-state index >= 15 is 0 Å². The summed E-state index contributed by atoms with van der Waals surface area (Å²) in [5.41, 5.74) is 0.507. The predicted octanol–water partition coefficient (Wildman–Crippen LogP) is 3.58. The zero-order valence-corrected chi connectivity index (χ0v) is 17.7. The summed E-state index contributed by atoms with van der Waals surface area (Å²) < 4.78 is 14.1. The second-order valence-electron chi connectivity index (χ2n) is 7.90. The lowest BCUT2D eigenvalue weighted by molar-refractivity contribution is -0.122. The molecule has 2 atom stereocenters. The number of anilines is 1. The van der Waals surface area contributed by atoms with Crippen LogP contribution >= 0.6 is 22.9 Å². The molecule has 7 nitrogen and oxygen atoms in total. The zero-order chi connectivity index (χ0) is 20.5. The molecule has 4 rings (SSSR count). The minimum Gasteiger partial charge on any atom is -0.302 e. The maximum absolute atomic E-state index is 13.5. The van der Waals surface area contributed by atoms with Crippen LogP contribution in [0.3, 0.4) is 0 Å². The van der Waals surface area contributed by atoms with Crippen LogP contribution in [-0.4, -0.2) is 65.5 Å². The number of hydrogen-bond acceptors (Lipinski definition) is 7. The van der Waals surface area contributed by atoms with Crippen molar-refractivity contribution in [3.63, 3.8) is 0 Å². The molecule has 2 aromatic rings. The first-order chi connectivity index (χ1) is 13.9. The quantitative estimate of drug-likeness (QED) is 0.696. The topological polar surface area (TPSA) is 77.9 Å². The normalized spacial score (nSPS) is 22.4. The van der Waals surface area contributed by atoms with E-state index in [2.05, 4.69) is 25.3 Å². The number of thiazole rings is 1. The summed E-state index contributed by atoms with van der Waals surface area (Å²) in [6.07, 6.45) is 1.81. The molecule has 0 aliphatic carbocycles. The SMILES string of the molecule is CC(CN1CC(N2CCCC(C(=O)Nc3nc4c(Cl)cc(F)cc4s3)C2)C1)N=O. The van der Waals surface area contributed by atoms with E-state index in [4.69, 9.17) is 11.6 Å². The Labute approximate surface area is 177 Å². The van der Waals surface area contributed by atoms with Crippen molar-refractivity contribution in [2.45, 2.75) is 31.8 Å². The van der Waals surface area contributed by atoms with Crippen LogP contribution in [0.4, 0.5) is 9.52 Å². The fourth-order valence-corrected chi connectivity index (χ4v) is 5.32. The van der Waals surface area contributed by atoms with Gasteiger partial charge >= 0.3 is 0 Å². The van der Waals surface area contributed by atoms with Crippen LogP contribution in [0, 0.1) is 16.6 Å². The molecule has 0 radical (unpaired) electrons. The molecule has 1 amide bonds. The summed E-state index contributed by atoms with van der Waals surface area (Å²) in [6.45, 7) is 6.04. The maximum atomic E-state index is 13.5. The summed E-state index contributed by atoms with van der Waals surface area (Å²) in [6, 6.07) is 2.84. The first-order valence-corrected chi connectivity index (χ1v) is 11.0. The van der Waals surface area contributed by atoms with Crippen molar-refractivity contribution in [2.24, 2.45) is 11.1 Å². The molecule has 2 saturated heterocycles. The van der Waals surface area contributed by atoms with Crippen LogP contribution in [0.25, 0.3) is 10.2 Å². The van der Waals surface area contributed by atoms with Crippen molar-refractivity contribution in [1.29, 1.82) is 0 Å². The third kappa shape index (κ3) is 4.58. The average Bonchev–Trinajstić information content (AvgIpc) is 3.06. The number of piperidine rings is 1. The van der Waals surface area contributed by atoms with Crippen molar-refractivity contribution >= 4 is 44.2 Å². The van der Waals surface area contributed by atoms with Gasteiger partial charge in [-0.25, -0.2) is 9.37 Å². The first kappa shape index (κ1) is 20.6. The molecule has 10 heteroatoms. The monoisotopic (exact) mass is 439 g/mol. The molecular formula is C19H23ClFN5O2S. The molecule has 29 heavy (non-hydrogen) atoms. The zero-order valence-electron chi connectivity index (χ0n) is 16.1. The molecule has 3 heterocycles. The number of carbonyl (C=O) groups excluding carboxylic acids is 1. The van der Waals surface area contributed by atoms with Crippen LogP contribution in [0.5, 0.6) is 0 Å². The molecule has 2 aliphatic rings. The molecule has 2 aliphatic heterocycles. The van der Waals surface area contributed by atoms with Crippen molar-refractivity contribution in [2.75, 3.05) is 38.0 Å². The van der Waals surface area contributed by atoms with Gasteiger partial charge in [-0.1, -0.05) is 28.1 Å². The third-order valence-corrected chi connectivity index (χ3v) is 6.83. The van der Waals surface area contributed by atoms with Crippen LogP contribution in [0.2, 0.25) is 5.02 Å². The highest BCUT2D eigenvalue weighted by Crippen LogP contribution is 2.32. The Balaban J connectivity index is 1.34. The van der Waals surface area contributed by atoms with E-state index in [1.165, 1.54) is 23.5 Å². The van der Waals surface area contributed by atoms with Gasteiger partial charge in [-0.3, -0.25) is 14.6 Å². The Morgan fingerprint density at radius 2 is 2.24 bits per heavy atom. The number of hydrogen-bond donors (Lipinski definition) is 1. The van der Waals surface area contributed by atoms with Gasteiger partial charge in [-0.05, 0) is 38.4 Å². The molecule has 1 aromatic carbocycles. The summed E-state index contributed by atoms with van der Waals surface area (Å²) >= 11 is 7.27. The van der Waals surface area contributed by atoms with E-state index < -0.39 is 5.82 Å². The summed E-state index contributed by atoms with van der Waals surface area (Å²) in [7, 11) is 0. The summed E-state index contributed by atoms with van der Waals surface area (Å²) in [5.74, 6) is -0.576. The number of nitroso groups, excluding NO2 is 1.